The zero-order chi connectivity index (χ0) is 15.2. The molecular formula is C16H25NO2S. The van der Waals surface area contributed by atoms with Gasteiger partial charge in [0.1, 0.15) is 11.0 Å². The number of ether oxygens (including phenoxy) is 1. The molecule has 0 bridgehead atoms. The normalized spacial score (nSPS) is 15.8. The molecule has 0 amide bonds. The van der Waals surface area contributed by atoms with Crippen LogP contribution in [0.3, 0.4) is 0 Å². The lowest BCUT2D eigenvalue weighted by Gasteiger charge is -2.19. The van der Waals surface area contributed by atoms with Gasteiger partial charge in [0.15, 0.2) is 0 Å². The van der Waals surface area contributed by atoms with Gasteiger partial charge in [-0.05, 0) is 39.2 Å². The summed E-state index contributed by atoms with van der Waals surface area (Å²) in [6.45, 7) is 7.84. The third-order valence-corrected chi connectivity index (χ3v) is 4.47. The van der Waals surface area contributed by atoms with Crippen molar-refractivity contribution >= 4 is 16.9 Å². The first-order valence-electron chi connectivity index (χ1n) is 6.97. The van der Waals surface area contributed by atoms with Gasteiger partial charge in [-0.3, -0.25) is 0 Å². The van der Waals surface area contributed by atoms with Crippen LogP contribution in [0.15, 0.2) is 34.7 Å². The molecule has 2 atom stereocenters. The summed E-state index contributed by atoms with van der Waals surface area (Å²) in [6, 6.07) is 10.2. The number of hydrogen-bond donors (Lipinski definition) is 0. The fourth-order valence-corrected chi connectivity index (χ4v) is 2.46. The van der Waals surface area contributed by atoms with Crippen molar-refractivity contribution in [2.24, 2.45) is 10.3 Å². The zero-order valence-electron chi connectivity index (χ0n) is 13.1. The topological polar surface area (TPSA) is 38.7 Å². The average Bonchev–Trinajstić information content (AvgIpc) is 2.42. The first-order chi connectivity index (χ1) is 9.38. The molecule has 0 aromatic heterocycles. The Morgan fingerprint density at radius 1 is 1.30 bits per heavy atom. The van der Waals surface area contributed by atoms with Gasteiger partial charge in [0, 0.05) is 5.92 Å². The van der Waals surface area contributed by atoms with E-state index in [1.54, 1.807) is 7.11 Å². The number of rotatable bonds is 5. The van der Waals surface area contributed by atoms with Gasteiger partial charge >= 0.3 is 0 Å². The van der Waals surface area contributed by atoms with Gasteiger partial charge in [-0.1, -0.05) is 37.3 Å². The molecule has 1 rings (SSSR count). The van der Waals surface area contributed by atoms with Crippen LogP contribution < -0.4 is 0 Å². The van der Waals surface area contributed by atoms with Crippen molar-refractivity contribution in [2.75, 3.05) is 7.11 Å². The molecule has 3 nitrogen and oxygen atoms in total. The molecular weight excluding hydrogens is 270 g/mol. The molecule has 0 unspecified atom stereocenters. The fourth-order valence-electron chi connectivity index (χ4n) is 1.80. The first-order valence-corrected chi connectivity index (χ1v) is 8.07. The van der Waals surface area contributed by atoms with Crippen molar-refractivity contribution in [3.63, 3.8) is 0 Å². The van der Waals surface area contributed by atoms with Crippen LogP contribution in [-0.4, -0.2) is 22.0 Å². The van der Waals surface area contributed by atoms with Gasteiger partial charge in [0.2, 0.25) is 5.90 Å². The minimum atomic E-state index is -1.28. The van der Waals surface area contributed by atoms with Crippen LogP contribution in [0.4, 0.5) is 0 Å². The molecule has 0 radical (unpaired) electrons. The van der Waals surface area contributed by atoms with E-state index in [2.05, 4.69) is 23.5 Å². The van der Waals surface area contributed by atoms with Crippen molar-refractivity contribution < 1.29 is 8.95 Å². The summed E-state index contributed by atoms with van der Waals surface area (Å²) in [5, 5.41) is 0. The maximum Gasteiger partial charge on any atom is 0.200 e. The Hall–Kier alpha value is -1.16. The Kier molecular flexibility index (Phi) is 6.40. The van der Waals surface area contributed by atoms with Gasteiger partial charge in [-0.25, -0.2) is 4.21 Å². The molecule has 0 aliphatic carbocycles. The van der Waals surface area contributed by atoms with Gasteiger partial charge < -0.3 is 4.74 Å². The van der Waals surface area contributed by atoms with E-state index in [0.717, 1.165) is 12.8 Å². The third kappa shape index (κ3) is 5.08. The Bertz CT molecular complexity index is 463. The molecule has 112 valence electrons. The van der Waals surface area contributed by atoms with Crippen molar-refractivity contribution in [3.8, 4) is 0 Å². The SMILES string of the molecule is CC[C@H](Cc1ccccc1)/C(=N/[S@](=O)C(C)(C)C)OC. The summed E-state index contributed by atoms with van der Waals surface area (Å²) in [5.41, 5.74) is 1.24. The molecule has 0 spiro atoms. The van der Waals surface area contributed by atoms with Crippen molar-refractivity contribution in [3.05, 3.63) is 35.9 Å². The van der Waals surface area contributed by atoms with E-state index in [1.807, 2.05) is 39.0 Å². The van der Waals surface area contributed by atoms with E-state index in [0.29, 0.717) is 5.90 Å². The molecule has 0 saturated carbocycles. The number of methoxy groups -OCH3 is 1. The highest BCUT2D eigenvalue weighted by Gasteiger charge is 2.23. The standard InChI is InChI=1S/C16H25NO2S/c1-6-14(12-13-10-8-7-9-11-13)15(19-5)17-20(18)16(2,3)4/h7-11,14H,6,12H2,1-5H3/b17-15-/t14-,20-/m1/s1. The molecule has 0 N–H and O–H groups in total. The molecule has 1 aromatic carbocycles. The third-order valence-electron chi connectivity index (χ3n) is 3.07. The van der Waals surface area contributed by atoms with Crippen molar-refractivity contribution in [1.29, 1.82) is 0 Å². The second-order valence-electron chi connectivity index (χ2n) is 5.79. The van der Waals surface area contributed by atoms with E-state index < -0.39 is 11.0 Å². The summed E-state index contributed by atoms with van der Waals surface area (Å²) in [7, 11) is 0.319. The second kappa shape index (κ2) is 7.58. The Balaban J connectivity index is 2.90. The molecule has 0 saturated heterocycles. The predicted molar refractivity (Wildman–Crippen MR) is 86.3 cm³/mol. The monoisotopic (exact) mass is 295 g/mol. The maximum atomic E-state index is 12.2. The van der Waals surface area contributed by atoms with Crippen LogP contribution >= 0.6 is 0 Å². The fraction of sp³-hybridized carbons (Fsp3) is 0.562. The highest BCUT2D eigenvalue weighted by molar-refractivity contribution is 7.85. The number of hydrogen-bond acceptors (Lipinski definition) is 2. The lowest BCUT2D eigenvalue weighted by atomic mass is 9.97. The number of benzene rings is 1. The molecule has 0 heterocycles. The minimum Gasteiger partial charge on any atom is -0.483 e. The highest BCUT2D eigenvalue weighted by Crippen LogP contribution is 2.18. The van der Waals surface area contributed by atoms with Crippen LogP contribution in [0.1, 0.15) is 39.7 Å². The summed E-state index contributed by atoms with van der Waals surface area (Å²) in [4.78, 5) is 0. The first kappa shape index (κ1) is 16.9. The molecule has 0 aliphatic rings. The van der Waals surface area contributed by atoms with Crippen LogP contribution in [-0.2, 0) is 22.1 Å². The van der Waals surface area contributed by atoms with E-state index in [4.69, 9.17) is 4.74 Å². The number of nitrogens with zero attached hydrogens (tertiary/aromatic N) is 1. The van der Waals surface area contributed by atoms with Gasteiger partial charge in [0.25, 0.3) is 0 Å². The van der Waals surface area contributed by atoms with E-state index in [-0.39, 0.29) is 10.7 Å². The smallest absolute Gasteiger partial charge is 0.200 e. The summed E-state index contributed by atoms with van der Waals surface area (Å²) in [5.74, 6) is 0.748. The molecule has 20 heavy (non-hydrogen) atoms. The van der Waals surface area contributed by atoms with Crippen LogP contribution in [0.25, 0.3) is 0 Å². The zero-order valence-corrected chi connectivity index (χ0v) is 13.9. The molecule has 1 aromatic rings. The largest absolute Gasteiger partial charge is 0.483 e. The van der Waals surface area contributed by atoms with Crippen LogP contribution in [0, 0.1) is 5.92 Å². The lowest BCUT2D eigenvalue weighted by Crippen LogP contribution is -2.25. The lowest BCUT2D eigenvalue weighted by molar-refractivity contribution is 0.362. The van der Waals surface area contributed by atoms with Gasteiger partial charge in [-0.2, -0.15) is 4.40 Å². The van der Waals surface area contributed by atoms with E-state index >= 15 is 0 Å². The van der Waals surface area contributed by atoms with Gasteiger partial charge in [-0.15, -0.1) is 0 Å². The predicted octanol–water partition coefficient (Wildman–Crippen LogP) is 3.76. The van der Waals surface area contributed by atoms with Crippen LogP contribution in [0.5, 0.6) is 0 Å². The van der Waals surface area contributed by atoms with Crippen molar-refractivity contribution in [2.45, 2.75) is 45.3 Å². The Labute approximate surface area is 125 Å². The molecule has 0 aliphatic heterocycles. The van der Waals surface area contributed by atoms with E-state index in [9.17, 15) is 4.21 Å². The summed E-state index contributed by atoms with van der Waals surface area (Å²) >= 11 is 0. The maximum absolute atomic E-state index is 12.2. The highest BCUT2D eigenvalue weighted by atomic mass is 32.2. The molecule has 0 fully saturated rings. The molecule has 4 heteroatoms. The van der Waals surface area contributed by atoms with Crippen LogP contribution in [0.2, 0.25) is 0 Å². The van der Waals surface area contributed by atoms with E-state index in [1.165, 1.54) is 5.56 Å². The quantitative estimate of drug-likeness (QED) is 0.613. The van der Waals surface area contributed by atoms with Crippen molar-refractivity contribution in [1.82, 2.24) is 0 Å². The second-order valence-corrected chi connectivity index (χ2v) is 7.70. The Morgan fingerprint density at radius 2 is 1.90 bits per heavy atom. The summed E-state index contributed by atoms with van der Waals surface area (Å²) in [6.07, 6.45) is 1.76. The van der Waals surface area contributed by atoms with Gasteiger partial charge in [0.05, 0.1) is 11.9 Å². The summed E-state index contributed by atoms with van der Waals surface area (Å²) < 4.78 is 21.5. The average molecular weight is 295 g/mol. The Morgan fingerprint density at radius 3 is 2.35 bits per heavy atom. The minimum absolute atomic E-state index is 0.161.